The molecule has 1 saturated heterocycles. The number of rotatable bonds is 3. The average Bonchev–Trinajstić information content (AvgIpc) is 2.64. The van der Waals surface area contributed by atoms with Crippen LogP contribution in [0.1, 0.15) is 11.4 Å². The van der Waals surface area contributed by atoms with Gasteiger partial charge in [-0.15, -0.1) is 5.10 Å². The standard InChI is InChI=1S/C16H19N7S/c1-22-9-11-23(12-10-22)16(24)21-20-15(13-5-2-3-7-17-13)14-6-4-8-18-19-14/h2-8H,9-12H2,1H3,(H,21,24). The van der Waals surface area contributed by atoms with Crippen molar-refractivity contribution in [3.05, 3.63) is 54.1 Å². The summed E-state index contributed by atoms with van der Waals surface area (Å²) in [4.78, 5) is 8.75. The molecule has 1 aliphatic rings. The van der Waals surface area contributed by atoms with Crippen molar-refractivity contribution in [3.63, 3.8) is 0 Å². The summed E-state index contributed by atoms with van der Waals surface area (Å²) in [5, 5.41) is 13.1. The normalized spacial score (nSPS) is 16.0. The van der Waals surface area contributed by atoms with E-state index in [1.807, 2.05) is 30.3 Å². The molecule has 24 heavy (non-hydrogen) atoms. The second-order valence-electron chi connectivity index (χ2n) is 5.49. The SMILES string of the molecule is CN1CCN(C(=S)NN=C(c2ccccn2)c2cccnn2)CC1. The lowest BCUT2D eigenvalue weighted by molar-refractivity contribution is 0.214. The Hall–Kier alpha value is -2.45. The minimum absolute atomic E-state index is 0.611. The van der Waals surface area contributed by atoms with E-state index in [0.717, 1.165) is 26.2 Å². The van der Waals surface area contributed by atoms with Gasteiger partial charge in [0.15, 0.2) is 5.11 Å². The van der Waals surface area contributed by atoms with Gasteiger partial charge in [-0.25, -0.2) is 0 Å². The first-order valence-corrected chi connectivity index (χ1v) is 8.15. The predicted molar refractivity (Wildman–Crippen MR) is 96.7 cm³/mol. The monoisotopic (exact) mass is 341 g/mol. The van der Waals surface area contributed by atoms with Gasteiger partial charge in [0.05, 0.1) is 5.69 Å². The van der Waals surface area contributed by atoms with Gasteiger partial charge in [-0.2, -0.15) is 10.2 Å². The Morgan fingerprint density at radius 2 is 1.88 bits per heavy atom. The highest BCUT2D eigenvalue weighted by molar-refractivity contribution is 7.80. The quantitative estimate of drug-likeness (QED) is 0.502. The van der Waals surface area contributed by atoms with E-state index in [2.05, 4.69) is 42.6 Å². The molecule has 0 spiro atoms. The van der Waals surface area contributed by atoms with Gasteiger partial charge >= 0.3 is 0 Å². The van der Waals surface area contributed by atoms with Crippen LogP contribution in [0.5, 0.6) is 0 Å². The smallest absolute Gasteiger partial charge is 0.189 e. The zero-order valence-corrected chi connectivity index (χ0v) is 14.3. The number of hydrogen-bond acceptors (Lipinski definition) is 6. The highest BCUT2D eigenvalue weighted by atomic mass is 32.1. The summed E-state index contributed by atoms with van der Waals surface area (Å²) < 4.78 is 0. The maximum atomic E-state index is 5.46. The average molecular weight is 341 g/mol. The molecule has 3 heterocycles. The van der Waals surface area contributed by atoms with Crippen molar-refractivity contribution in [3.8, 4) is 0 Å². The second-order valence-corrected chi connectivity index (χ2v) is 5.88. The summed E-state index contributed by atoms with van der Waals surface area (Å²) in [6, 6.07) is 9.32. The summed E-state index contributed by atoms with van der Waals surface area (Å²) in [7, 11) is 2.11. The topological polar surface area (TPSA) is 69.5 Å². The fraction of sp³-hybridized carbons (Fsp3) is 0.312. The fourth-order valence-electron chi connectivity index (χ4n) is 2.36. The van der Waals surface area contributed by atoms with Crippen LogP contribution in [0.25, 0.3) is 0 Å². The lowest BCUT2D eigenvalue weighted by Gasteiger charge is -2.33. The number of thiocarbonyl (C=S) groups is 1. The minimum atomic E-state index is 0.611. The van der Waals surface area contributed by atoms with Crippen molar-refractivity contribution in [1.82, 2.24) is 30.4 Å². The fourth-order valence-corrected chi connectivity index (χ4v) is 2.59. The molecule has 0 amide bonds. The Morgan fingerprint density at radius 1 is 1.08 bits per heavy atom. The molecular formula is C16H19N7S. The molecule has 0 bridgehead atoms. The Balaban J connectivity index is 1.78. The second kappa shape index (κ2) is 7.89. The van der Waals surface area contributed by atoms with E-state index >= 15 is 0 Å². The van der Waals surface area contributed by atoms with E-state index in [1.54, 1.807) is 12.4 Å². The molecule has 0 radical (unpaired) electrons. The van der Waals surface area contributed by atoms with Crippen molar-refractivity contribution < 1.29 is 0 Å². The van der Waals surface area contributed by atoms with Crippen LogP contribution in [0.4, 0.5) is 0 Å². The molecule has 124 valence electrons. The van der Waals surface area contributed by atoms with Gasteiger partial charge in [-0.3, -0.25) is 10.4 Å². The molecular weight excluding hydrogens is 322 g/mol. The van der Waals surface area contributed by atoms with Gasteiger partial charge in [0.25, 0.3) is 0 Å². The molecule has 3 rings (SSSR count). The van der Waals surface area contributed by atoms with Crippen molar-refractivity contribution in [1.29, 1.82) is 0 Å². The summed E-state index contributed by atoms with van der Waals surface area (Å²) >= 11 is 5.46. The van der Waals surface area contributed by atoms with Crippen LogP contribution in [0.15, 0.2) is 47.8 Å². The molecule has 0 saturated carbocycles. The maximum absolute atomic E-state index is 5.46. The number of nitrogens with zero attached hydrogens (tertiary/aromatic N) is 6. The van der Waals surface area contributed by atoms with E-state index < -0.39 is 0 Å². The van der Waals surface area contributed by atoms with Gasteiger partial charge in [0.2, 0.25) is 0 Å². The van der Waals surface area contributed by atoms with Crippen LogP contribution in [-0.4, -0.2) is 69.0 Å². The number of nitrogens with one attached hydrogen (secondary N) is 1. The minimum Gasteiger partial charge on any atom is -0.345 e. The zero-order chi connectivity index (χ0) is 16.8. The van der Waals surface area contributed by atoms with Gasteiger partial charge in [-0.05, 0) is 43.5 Å². The van der Waals surface area contributed by atoms with Gasteiger partial charge < -0.3 is 9.80 Å². The molecule has 1 fully saturated rings. The van der Waals surface area contributed by atoms with Crippen molar-refractivity contribution in [2.24, 2.45) is 5.10 Å². The largest absolute Gasteiger partial charge is 0.345 e. The first-order valence-electron chi connectivity index (χ1n) is 7.74. The number of piperazine rings is 1. The molecule has 0 aromatic carbocycles. The van der Waals surface area contributed by atoms with Gasteiger partial charge in [0.1, 0.15) is 11.4 Å². The van der Waals surface area contributed by atoms with Crippen LogP contribution in [-0.2, 0) is 0 Å². The molecule has 8 heteroatoms. The molecule has 7 nitrogen and oxygen atoms in total. The van der Waals surface area contributed by atoms with Gasteiger partial charge in [-0.1, -0.05) is 6.07 Å². The molecule has 0 atom stereocenters. The van der Waals surface area contributed by atoms with Crippen LogP contribution >= 0.6 is 12.2 Å². The molecule has 2 aromatic rings. The van der Waals surface area contributed by atoms with Crippen LogP contribution in [0.2, 0.25) is 0 Å². The summed E-state index contributed by atoms with van der Waals surface area (Å²) in [5.74, 6) is 0. The predicted octanol–water partition coefficient (Wildman–Crippen LogP) is 0.746. The van der Waals surface area contributed by atoms with Crippen LogP contribution < -0.4 is 5.43 Å². The third-order valence-corrected chi connectivity index (χ3v) is 4.13. The Bertz CT molecular complexity index is 655. The Morgan fingerprint density at radius 3 is 2.54 bits per heavy atom. The third kappa shape index (κ3) is 4.09. The van der Waals surface area contributed by atoms with E-state index in [4.69, 9.17) is 12.2 Å². The third-order valence-electron chi connectivity index (χ3n) is 3.78. The number of pyridine rings is 1. The van der Waals surface area contributed by atoms with Crippen molar-refractivity contribution >= 4 is 23.0 Å². The van der Waals surface area contributed by atoms with E-state index in [1.165, 1.54) is 0 Å². The first-order chi connectivity index (χ1) is 11.7. The Kier molecular flexibility index (Phi) is 5.39. The highest BCUT2D eigenvalue weighted by Crippen LogP contribution is 2.05. The number of hydrogen-bond donors (Lipinski definition) is 1. The van der Waals surface area contributed by atoms with Gasteiger partial charge in [0, 0.05) is 38.6 Å². The first kappa shape index (κ1) is 16.4. The van der Waals surface area contributed by atoms with Crippen molar-refractivity contribution in [2.45, 2.75) is 0 Å². The summed E-state index contributed by atoms with van der Waals surface area (Å²) in [6.07, 6.45) is 3.35. The number of likely N-dealkylation sites (N-methyl/N-ethyl adjacent to an activating group) is 1. The lowest BCUT2D eigenvalue weighted by Crippen LogP contribution is -2.49. The number of hydrazone groups is 1. The van der Waals surface area contributed by atoms with Crippen LogP contribution in [0, 0.1) is 0 Å². The molecule has 0 unspecified atom stereocenters. The summed E-state index contributed by atoms with van der Waals surface area (Å²) in [6.45, 7) is 3.76. The van der Waals surface area contributed by atoms with Crippen LogP contribution in [0.3, 0.4) is 0 Å². The van der Waals surface area contributed by atoms with Crippen molar-refractivity contribution in [2.75, 3.05) is 33.2 Å². The molecule has 1 aliphatic heterocycles. The maximum Gasteiger partial charge on any atom is 0.189 e. The zero-order valence-electron chi connectivity index (χ0n) is 13.5. The van der Waals surface area contributed by atoms with E-state index in [-0.39, 0.29) is 0 Å². The number of aromatic nitrogens is 3. The molecule has 0 aliphatic carbocycles. The highest BCUT2D eigenvalue weighted by Gasteiger charge is 2.17. The lowest BCUT2D eigenvalue weighted by atomic mass is 10.2. The molecule has 1 N–H and O–H groups in total. The Labute approximate surface area is 146 Å². The summed E-state index contributed by atoms with van der Waals surface area (Å²) in [5.41, 5.74) is 4.95. The van der Waals surface area contributed by atoms with E-state index in [9.17, 15) is 0 Å². The van der Waals surface area contributed by atoms with E-state index in [0.29, 0.717) is 22.2 Å². The molecule has 2 aromatic heterocycles.